The van der Waals surface area contributed by atoms with E-state index in [2.05, 4.69) is 196 Å². The zero-order valence-corrected chi connectivity index (χ0v) is 39.1. The number of aryl methyl sites for hydroxylation is 1. The minimum atomic E-state index is 0.0151. The molecule has 0 bridgehead atoms. The second-order valence-corrected chi connectivity index (χ2v) is 24.2. The molecule has 4 aliphatic rings. The van der Waals surface area contributed by atoms with E-state index in [1.165, 1.54) is 117 Å². The van der Waals surface area contributed by atoms with Crippen LogP contribution < -0.4 is 25.5 Å². The first-order chi connectivity index (χ1) is 28.1. The predicted molar refractivity (Wildman–Crippen MR) is 262 cm³/mol. The lowest BCUT2D eigenvalue weighted by atomic mass is 9.36. The molecule has 0 atom stereocenters. The maximum absolute atomic E-state index is 2.76. The lowest BCUT2D eigenvalue weighted by Crippen LogP contribution is -2.60. The van der Waals surface area contributed by atoms with Crippen LogP contribution in [-0.2, 0) is 27.1 Å². The summed E-state index contributed by atoms with van der Waals surface area (Å²) in [5, 5.41) is 2.79. The molecule has 60 heavy (non-hydrogen) atoms. The SMILES string of the molecule is Cc1cc2c3c(c1)N1c4ccc(C(C)(C)C)cc4-n4c5c(c6ccc(c1c64)B3c1sc3ccc(C(C)(C)C)cc3c1N2c1ccc(C(C)(C)C)cc1)C(C)(C)CCC5(C)C. The summed E-state index contributed by atoms with van der Waals surface area (Å²) in [5.74, 6) is 0. The molecule has 5 heterocycles. The van der Waals surface area contributed by atoms with Gasteiger partial charge in [0.2, 0.25) is 0 Å². The van der Waals surface area contributed by atoms with Crippen LogP contribution in [0.1, 0.15) is 136 Å². The molecule has 0 unspecified atom stereocenters. The van der Waals surface area contributed by atoms with Crippen molar-refractivity contribution in [1.29, 1.82) is 0 Å². The van der Waals surface area contributed by atoms with E-state index in [0.29, 0.717) is 0 Å². The van der Waals surface area contributed by atoms with Gasteiger partial charge in [-0.25, -0.2) is 0 Å². The Labute approximate surface area is 362 Å². The summed E-state index contributed by atoms with van der Waals surface area (Å²) in [6.07, 6.45) is 2.36. The maximum Gasteiger partial charge on any atom is 0.264 e. The fourth-order valence-electron chi connectivity index (χ4n) is 11.4. The van der Waals surface area contributed by atoms with Crippen molar-refractivity contribution >= 4 is 88.9 Å². The first-order valence-corrected chi connectivity index (χ1v) is 23.2. The highest BCUT2D eigenvalue weighted by molar-refractivity contribution is 7.33. The van der Waals surface area contributed by atoms with Gasteiger partial charge < -0.3 is 14.4 Å². The van der Waals surface area contributed by atoms with Gasteiger partial charge in [0.15, 0.2) is 0 Å². The summed E-state index contributed by atoms with van der Waals surface area (Å²) in [5.41, 5.74) is 22.0. The van der Waals surface area contributed by atoms with Gasteiger partial charge in [0, 0.05) is 48.4 Å². The van der Waals surface area contributed by atoms with Crippen LogP contribution >= 0.6 is 11.3 Å². The molecule has 2 aromatic heterocycles. The van der Waals surface area contributed by atoms with Gasteiger partial charge in [0.25, 0.3) is 6.71 Å². The lowest BCUT2D eigenvalue weighted by molar-refractivity contribution is 0.324. The molecule has 0 spiro atoms. The molecule has 11 rings (SSSR count). The van der Waals surface area contributed by atoms with Gasteiger partial charge in [0.05, 0.1) is 28.3 Å². The number of hydrogen-bond acceptors (Lipinski definition) is 3. The molecular formula is C55H60BN3S. The van der Waals surface area contributed by atoms with Gasteiger partial charge in [-0.05, 0) is 129 Å². The number of thiophene rings is 1. The fourth-order valence-corrected chi connectivity index (χ4v) is 12.7. The summed E-state index contributed by atoms with van der Waals surface area (Å²) < 4.78 is 5.57. The van der Waals surface area contributed by atoms with Gasteiger partial charge in [0.1, 0.15) is 0 Å². The summed E-state index contributed by atoms with van der Waals surface area (Å²) in [6.45, 7) is 33.4. The number of aromatic nitrogens is 1. The molecule has 304 valence electrons. The Morgan fingerprint density at radius 1 is 0.567 bits per heavy atom. The molecule has 5 aromatic carbocycles. The van der Waals surface area contributed by atoms with E-state index in [0.717, 1.165) is 0 Å². The molecule has 0 saturated heterocycles. The van der Waals surface area contributed by atoms with Crippen molar-refractivity contribution in [2.45, 2.75) is 137 Å². The van der Waals surface area contributed by atoms with Crippen LogP contribution in [0.15, 0.2) is 84.9 Å². The number of benzene rings is 5. The normalized spacial score (nSPS) is 17.2. The quantitative estimate of drug-likeness (QED) is 0.153. The van der Waals surface area contributed by atoms with E-state index in [1.807, 2.05) is 11.3 Å². The predicted octanol–water partition coefficient (Wildman–Crippen LogP) is 13.8. The first-order valence-electron chi connectivity index (χ1n) is 22.4. The topological polar surface area (TPSA) is 11.4 Å². The van der Waals surface area contributed by atoms with Crippen LogP contribution in [0.5, 0.6) is 0 Å². The molecule has 0 saturated carbocycles. The van der Waals surface area contributed by atoms with Crippen LogP contribution in [0.4, 0.5) is 34.1 Å². The Bertz CT molecular complexity index is 3010. The van der Waals surface area contributed by atoms with Crippen molar-refractivity contribution in [3.05, 3.63) is 118 Å². The number of rotatable bonds is 1. The largest absolute Gasteiger partial charge is 0.310 e. The van der Waals surface area contributed by atoms with E-state index in [-0.39, 0.29) is 33.8 Å². The highest BCUT2D eigenvalue weighted by Crippen LogP contribution is 2.58. The van der Waals surface area contributed by atoms with Crippen LogP contribution in [0.3, 0.4) is 0 Å². The molecule has 0 fully saturated rings. The van der Waals surface area contributed by atoms with Gasteiger partial charge in [-0.15, -0.1) is 11.3 Å². The van der Waals surface area contributed by atoms with Gasteiger partial charge in [-0.3, -0.25) is 0 Å². The third kappa shape index (κ3) is 5.08. The smallest absolute Gasteiger partial charge is 0.264 e. The minimum absolute atomic E-state index is 0.0151. The van der Waals surface area contributed by atoms with Gasteiger partial charge in [-0.1, -0.05) is 126 Å². The van der Waals surface area contributed by atoms with E-state index in [1.54, 1.807) is 5.56 Å². The van der Waals surface area contributed by atoms with Gasteiger partial charge >= 0.3 is 0 Å². The van der Waals surface area contributed by atoms with Crippen LogP contribution in [0, 0.1) is 6.92 Å². The standard InChI is InChI=1S/C55H60BN3S/c1-31-27-41-45-42(28-31)58-39-23-17-34(53(8,9)10)30-40(39)59-46-36(44-49(59)55(13,14)26-25-54(44,11)12)21-22-38(48(46)58)56(45)50-47(37-29-33(52(5,6)7)18-24-43(37)60-50)57(41)35-19-15-32(16-20-35)51(2,3)4/h15-24,27-30H,25-26H2,1-14H3. The van der Waals surface area contributed by atoms with Crippen molar-refractivity contribution < 1.29 is 0 Å². The average molecular weight is 806 g/mol. The summed E-state index contributed by atoms with van der Waals surface area (Å²) in [6, 6.07) is 34.2. The maximum atomic E-state index is 2.76. The fraction of sp³-hybridized carbons (Fsp3) is 0.382. The Morgan fingerprint density at radius 3 is 1.83 bits per heavy atom. The Kier molecular flexibility index (Phi) is 7.51. The summed E-state index contributed by atoms with van der Waals surface area (Å²) >= 11 is 2.01. The number of fused-ring (bicyclic) bond motifs is 12. The molecule has 0 N–H and O–H groups in total. The molecule has 3 aliphatic heterocycles. The molecule has 1 aliphatic carbocycles. The Hall–Kier alpha value is -4.74. The third-order valence-corrected chi connectivity index (χ3v) is 16.0. The molecule has 0 radical (unpaired) electrons. The molecule has 5 heteroatoms. The number of hydrogen-bond donors (Lipinski definition) is 0. The number of anilines is 6. The van der Waals surface area contributed by atoms with E-state index < -0.39 is 0 Å². The second-order valence-electron chi connectivity index (χ2n) is 23.1. The van der Waals surface area contributed by atoms with E-state index in [9.17, 15) is 0 Å². The second kappa shape index (κ2) is 11.8. The van der Waals surface area contributed by atoms with Crippen LogP contribution in [0.2, 0.25) is 0 Å². The lowest BCUT2D eigenvalue weighted by Gasteiger charge is -2.46. The average Bonchev–Trinajstić information content (AvgIpc) is 3.74. The van der Waals surface area contributed by atoms with E-state index >= 15 is 0 Å². The highest BCUT2D eigenvalue weighted by atomic mass is 32.1. The van der Waals surface area contributed by atoms with Gasteiger partial charge in [-0.2, -0.15) is 0 Å². The van der Waals surface area contributed by atoms with Crippen molar-refractivity contribution in [1.82, 2.24) is 4.57 Å². The Balaban J connectivity index is 1.30. The van der Waals surface area contributed by atoms with Crippen LogP contribution in [-0.4, -0.2) is 11.3 Å². The molecular weight excluding hydrogens is 746 g/mol. The van der Waals surface area contributed by atoms with Crippen molar-refractivity contribution in [2.75, 3.05) is 9.80 Å². The van der Waals surface area contributed by atoms with Crippen molar-refractivity contribution in [2.24, 2.45) is 0 Å². The zero-order chi connectivity index (χ0) is 42.4. The molecule has 3 nitrogen and oxygen atoms in total. The highest BCUT2D eigenvalue weighted by Gasteiger charge is 2.50. The number of nitrogens with zero attached hydrogens (tertiary/aromatic N) is 3. The van der Waals surface area contributed by atoms with Crippen molar-refractivity contribution in [3.63, 3.8) is 0 Å². The summed E-state index contributed by atoms with van der Waals surface area (Å²) in [7, 11) is 0. The van der Waals surface area contributed by atoms with Crippen LogP contribution in [0.25, 0.3) is 26.7 Å². The minimum Gasteiger partial charge on any atom is -0.310 e. The molecule has 0 amide bonds. The van der Waals surface area contributed by atoms with E-state index in [4.69, 9.17) is 0 Å². The molecule has 7 aromatic rings. The summed E-state index contributed by atoms with van der Waals surface area (Å²) in [4.78, 5) is 5.34. The Morgan fingerprint density at radius 2 is 1.17 bits per heavy atom. The van der Waals surface area contributed by atoms with Crippen molar-refractivity contribution in [3.8, 4) is 5.69 Å². The zero-order valence-electron chi connectivity index (χ0n) is 38.3. The third-order valence-electron chi connectivity index (χ3n) is 14.8. The first kappa shape index (κ1) is 38.2. The monoisotopic (exact) mass is 805 g/mol.